The van der Waals surface area contributed by atoms with Gasteiger partial charge >= 0.3 is 0 Å². The van der Waals surface area contributed by atoms with Crippen LogP contribution in [0.1, 0.15) is 19.4 Å². The van der Waals surface area contributed by atoms with Crippen LogP contribution in [0, 0.1) is 10.1 Å². The van der Waals surface area contributed by atoms with Crippen LogP contribution in [0.2, 0.25) is 0 Å². The molecular weight excluding hydrogens is 346 g/mol. The second-order valence-electron chi connectivity index (χ2n) is 6.20. The summed E-state index contributed by atoms with van der Waals surface area (Å²) >= 11 is 0. The molecule has 0 saturated carbocycles. The van der Waals surface area contributed by atoms with Crippen molar-refractivity contribution >= 4 is 33.0 Å². The number of nitrogens with zero attached hydrogens (tertiary/aromatic N) is 1. The van der Waals surface area contributed by atoms with Gasteiger partial charge in [-0.2, -0.15) is 0 Å². The summed E-state index contributed by atoms with van der Waals surface area (Å²) in [6.45, 7) is 3.49. The van der Waals surface area contributed by atoms with Gasteiger partial charge in [-0.15, -0.1) is 0 Å². The fraction of sp³-hybridized carbons (Fsp3) is 0.188. The number of benzene rings is 2. The van der Waals surface area contributed by atoms with E-state index < -0.39 is 20.4 Å². The summed E-state index contributed by atoms with van der Waals surface area (Å²) in [6.07, 6.45) is 0. The van der Waals surface area contributed by atoms with E-state index in [0.29, 0.717) is 11.3 Å². The Balaban J connectivity index is 1.95. The molecule has 0 fully saturated rings. The molecule has 0 bridgehead atoms. The van der Waals surface area contributed by atoms with E-state index in [-0.39, 0.29) is 22.2 Å². The highest BCUT2D eigenvalue weighted by atomic mass is 32.2. The number of anilines is 2. The summed E-state index contributed by atoms with van der Waals surface area (Å²) in [6, 6.07) is 9.52. The molecule has 1 aliphatic rings. The molecule has 0 unspecified atom stereocenters. The number of sulfonamides is 1. The third kappa shape index (κ3) is 2.93. The number of fused-ring (bicyclic) bond motifs is 1. The maximum Gasteiger partial charge on any atom is 0.270 e. The second-order valence-corrected chi connectivity index (χ2v) is 7.88. The highest BCUT2D eigenvalue weighted by molar-refractivity contribution is 7.92. The van der Waals surface area contributed by atoms with Crippen molar-refractivity contribution in [2.75, 3.05) is 10.0 Å². The number of nitro benzene ring substituents is 1. The standard InChI is InChI=1S/C16H15N3O5S/c1-16(2)13-8-10(6-7-14(13)17-15(16)20)18-25(23,24)12-5-3-4-11(9-12)19(21)22/h3-9,18H,1-2H3,(H,17,20). The number of rotatable bonds is 4. The second kappa shape index (κ2) is 5.55. The largest absolute Gasteiger partial charge is 0.325 e. The summed E-state index contributed by atoms with van der Waals surface area (Å²) in [5.41, 5.74) is 0.495. The molecular formula is C16H15N3O5S. The molecule has 1 heterocycles. The monoisotopic (exact) mass is 361 g/mol. The molecule has 0 radical (unpaired) electrons. The first kappa shape index (κ1) is 16.9. The van der Waals surface area contributed by atoms with Crippen molar-refractivity contribution in [1.29, 1.82) is 0 Å². The van der Waals surface area contributed by atoms with Crippen molar-refractivity contribution in [2.24, 2.45) is 0 Å². The number of carbonyl (C=O) groups is 1. The number of hydrogen-bond donors (Lipinski definition) is 2. The predicted molar refractivity (Wildman–Crippen MR) is 92.0 cm³/mol. The molecule has 130 valence electrons. The fourth-order valence-electron chi connectivity index (χ4n) is 2.61. The lowest BCUT2D eigenvalue weighted by Crippen LogP contribution is -2.26. The van der Waals surface area contributed by atoms with Crippen molar-refractivity contribution in [3.63, 3.8) is 0 Å². The molecule has 0 spiro atoms. The van der Waals surface area contributed by atoms with Crippen LogP contribution in [-0.2, 0) is 20.2 Å². The van der Waals surface area contributed by atoms with Crippen LogP contribution < -0.4 is 10.0 Å². The Hall–Kier alpha value is -2.94. The lowest BCUT2D eigenvalue weighted by atomic mass is 9.86. The number of nitrogens with one attached hydrogen (secondary N) is 2. The zero-order valence-corrected chi connectivity index (χ0v) is 14.3. The molecule has 0 aliphatic carbocycles. The van der Waals surface area contributed by atoms with Gasteiger partial charge < -0.3 is 5.32 Å². The minimum Gasteiger partial charge on any atom is -0.325 e. The van der Waals surface area contributed by atoms with Crippen LogP contribution in [0.15, 0.2) is 47.4 Å². The van der Waals surface area contributed by atoms with Gasteiger partial charge in [0.05, 0.1) is 15.2 Å². The lowest BCUT2D eigenvalue weighted by Gasteiger charge is -2.16. The zero-order valence-electron chi connectivity index (χ0n) is 13.4. The molecule has 25 heavy (non-hydrogen) atoms. The van der Waals surface area contributed by atoms with Crippen LogP contribution in [0.25, 0.3) is 0 Å². The third-order valence-corrected chi connectivity index (χ3v) is 5.48. The number of hydrogen-bond acceptors (Lipinski definition) is 5. The maximum absolute atomic E-state index is 12.5. The molecule has 1 amide bonds. The van der Waals surface area contributed by atoms with Crippen molar-refractivity contribution in [3.8, 4) is 0 Å². The Kier molecular flexibility index (Phi) is 3.76. The quantitative estimate of drug-likeness (QED) is 0.641. The molecule has 8 nitrogen and oxygen atoms in total. The zero-order chi connectivity index (χ0) is 18.4. The van der Waals surface area contributed by atoms with Gasteiger partial charge in [0.1, 0.15) is 0 Å². The molecule has 2 N–H and O–H groups in total. The van der Waals surface area contributed by atoms with Crippen LogP contribution in [0.3, 0.4) is 0 Å². The third-order valence-electron chi connectivity index (χ3n) is 4.10. The van der Waals surface area contributed by atoms with Gasteiger partial charge in [-0.05, 0) is 43.7 Å². The normalized spacial score (nSPS) is 15.4. The van der Waals surface area contributed by atoms with Gasteiger partial charge in [-0.3, -0.25) is 19.6 Å². The van der Waals surface area contributed by atoms with Crippen molar-refractivity contribution in [3.05, 3.63) is 58.1 Å². The van der Waals surface area contributed by atoms with E-state index in [2.05, 4.69) is 10.0 Å². The molecule has 1 aliphatic heterocycles. The number of non-ortho nitro benzene ring substituents is 1. The molecule has 0 atom stereocenters. The Morgan fingerprint density at radius 3 is 2.56 bits per heavy atom. The lowest BCUT2D eigenvalue weighted by molar-refractivity contribution is -0.385. The van der Waals surface area contributed by atoms with Crippen LogP contribution in [-0.4, -0.2) is 19.2 Å². The van der Waals surface area contributed by atoms with E-state index in [1.54, 1.807) is 26.0 Å². The van der Waals surface area contributed by atoms with E-state index in [1.165, 1.54) is 24.3 Å². The van der Waals surface area contributed by atoms with Crippen molar-refractivity contribution < 1.29 is 18.1 Å². The summed E-state index contributed by atoms with van der Waals surface area (Å²) in [4.78, 5) is 21.9. The smallest absolute Gasteiger partial charge is 0.270 e. The first-order chi connectivity index (χ1) is 11.6. The maximum atomic E-state index is 12.5. The molecule has 9 heteroatoms. The average molecular weight is 361 g/mol. The van der Waals surface area contributed by atoms with E-state index >= 15 is 0 Å². The van der Waals surface area contributed by atoms with Crippen molar-refractivity contribution in [2.45, 2.75) is 24.2 Å². The van der Waals surface area contributed by atoms with Gasteiger partial charge in [-0.25, -0.2) is 8.42 Å². The molecule has 2 aromatic rings. The van der Waals surface area contributed by atoms with E-state index in [4.69, 9.17) is 0 Å². The molecule has 3 rings (SSSR count). The Morgan fingerprint density at radius 2 is 1.88 bits per heavy atom. The van der Waals surface area contributed by atoms with E-state index in [9.17, 15) is 23.3 Å². The highest BCUT2D eigenvalue weighted by Crippen LogP contribution is 2.39. The predicted octanol–water partition coefficient (Wildman–Crippen LogP) is 2.63. The van der Waals surface area contributed by atoms with Gasteiger partial charge in [0.2, 0.25) is 5.91 Å². The van der Waals surface area contributed by atoms with Crippen LogP contribution in [0.4, 0.5) is 17.1 Å². The van der Waals surface area contributed by atoms with Crippen LogP contribution in [0.5, 0.6) is 0 Å². The number of nitro groups is 1. The molecule has 2 aromatic carbocycles. The van der Waals surface area contributed by atoms with Gasteiger partial charge in [0, 0.05) is 23.5 Å². The van der Waals surface area contributed by atoms with Crippen molar-refractivity contribution in [1.82, 2.24) is 0 Å². The summed E-state index contributed by atoms with van der Waals surface area (Å²) in [7, 11) is -4.00. The Bertz CT molecular complexity index is 999. The first-order valence-corrected chi connectivity index (χ1v) is 8.83. The summed E-state index contributed by atoms with van der Waals surface area (Å²) in [5.74, 6) is -0.166. The van der Waals surface area contributed by atoms with Crippen LogP contribution >= 0.6 is 0 Å². The SMILES string of the molecule is CC1(C)C(=O)Nc2ccc(NS(=O)(=O)c3cccc([N+](=O)[O-])c3)cc21. The first-order valence-electron chi connectivity index (χ1n) is 7.34. The Morgan fingerprint density at radius 1 is 1.16 bits per heavy atom. The van der Waals surface area contributed by atoms with Gasteiger partial charge in [-0.1, -0.05) is 6.07 Å². The van der Waals surface area contributed by atoms with E-state index in [1.807, 2.05) is 0 Å². The van der Waals surface area contributed by atoms with E-state index in [0.717, 1.165) is 6.07 Å². The fourth-order valence-corrected chi connectivity index (χ4v) is 3.70. The number of carbonyl (C=O) groups excluding carboxylic acids is 1. The highest BCUT2D eigenvalue weighted by Gasteiger charge is 2.38. The molecule has 0 aromatic heterocycles. The number of amides is 1. The minimum absolute atomic E-state index is 0.166. The summed E-state index contributed by atoms with van der Waals surface area (Å²) < 4.78 is 27.4. The summed E-state index contributed by atoms with van der Waals surface area (Å²) in [5, 5.41) is 13.6. The average Bonchev–Trinajstić information content (AvgIpc) is 2.77. The topological polar surface area (TPSA) is 118 Å². The van der Waals surface area contributed by atoms with Gasteiger partial charge in [0.15, 0.2) is 0 Å². The molecule has 0 saturated heterocycles. The minimum atomic E-state index is -4.00. The van der Waals surface area contributed by atoms with Gasteiger partial charge in [0.25, 0.3) is 15.7 Å². The Labute approximate surface area is 144 Å².